The summed E-state index contributed by atoms with van der Waals surface area (Å²) in [6.45, 7) is 0. The molecular formula is C11H11N3O2. The fourth-order valence-electron chi connectivity index (χ4n) is 2.21. The Kier molecular flexibility index (Phi) is 1.92. The van der Waals surface area contributed by atoms with Crippen LogP contribution in [0.3, 0.4) is 0 Å². The van der Waals surface area contributed by atoms with Crippen molar-refractivity contribution in [3.63, 3.8) is 0 Å². The van der Waals surface area contributed by atoms with E-state index in [9.17, 15) is 4.79 Å². The summed E-state index contributed by atoms with van der Waals surface area (Å²) in [7, 11) is 0. The maximum Gasteiger partial charge on any atom is 0.309 e. The molecule has 0 radical (unpaired) electrons. The lowest BCUT2D eigenvalue weighted by Crippen LogP contribution is -2.02. The van der Waals surface area contributed by atoms with Gasteiger partial charge in [-0.3, -0.25) is 4.79 Å². The van der Waals surface area contributed by atoms with Gasteiger partial charge in [0.1, 0.15) is 6.33 Å². The number of aromatic nitrogens is 3. The quantitative estimate of drug-likeness (QED) is 0.809. The van der Waals surface area contributed by atoms with Crippen LogP contribution in [0.15, 0.2) is 12.4 Å². The average Bonchev–Trinajstić information content (AvgIpc) is 2.81. The van der Waals surface area contributed by atoms with E-state index < -0.39 is 5.97 Å². The summed E-state index contributed by atoms with van der Waals surface area (Å²) >= 11 is 0. The van der Waals surface area contributed by atoms with Crippen LogP contribution in [0.5, 0.6) is 0 Å². The summed E-state index contributed by atoms with van der Waals surface area (Å²) in [5.74, 6) is -0.860. The molecule has 3 rings (SSSR count). The molecule has 16 heavy (non-hydrogen) atoms. The largest absolute Gasteiger partial charge is 0.481 e. The Morgan fingerprint density at radius 3 is 3.19 bits per heavy atom. The molecule has 82 valence electrons. The fraction of sp³-hybridized carbons (Fsp3) is 0.364. The maximum atomic E-state index is 10.7. The zero-order chi connectivity index (χ0) is 11.1. The fourth-order valence-corrected chi connectivity index (χ4v) is 2.21. The van der Waals surface area contributed by atoms with Gasteiger partial charge in [0, 0.05) is 0 Å². The zero-order valence-electron chi connectivity index (χ0n) is 8.68. The lowest BCUT2D eigenvalue weighted by molar-refractivity contribution is -0.136. The number of nitrogens with zero attached hydrogens (tertiary/aromatic N) is 3. The third kappa shape index (κ3) is 1.36. The van der Waals surface area contributed by atoms with Crippen molar-refractivity contribution >= 4 is 11.5 Å². The maximum absolute atomic E-state index is 10.7. The number of carboxylic acids is 1. The van der Waals surface area contributed by atoms with Gasteiger partial charge in [-0.2, -0.15) is 5.10 Å². The number of aliphatic carboxylic acids is 1. The molecule has 0 amide bonds. The molecule has 0 saturated carbocycles. The van der Waals surface area contributed by atoms with Crippen molar-refractivity contribution in [2.75, 3.05) is 0 Å². The van der Waals surface area contributed by atoms with Gasteiger partial charge in [-0.05, 0) is 30.9 Å². The second-order valence-corrected chi connectivity index (χ2v) is 4.06. The highest BCUT2D eigenvalue weighted by Crippen LogP contribution is 2.22. The van der Waals surface area contributed by atoms with Crippen molar-refractivity contribution < 1.29 is 9.90 Å². The normalized spacial score (nSPS) is 14.2. The van der Waals surface area contributed by atoms with Gasteiger partial charge in [0.15, 0.2) is 0 Å². The number of carboxylic acid groups (broad SMARTS) is 1. The predicted molar refractivity (Wildman–Crippen MR) is 56.4 cm³/mol. The van der Waals surface area contributed by atoms with Crippen molar-refractivity contribution in [3.8, 4) is 0 Å². The van der Waals surface area contributed by atoms with Gasteiger partial charge < -0.3 is 5.11 Å². The molecule has 0 unspecified atom stereocenters. The standard InChI is InChI=1S/C11H11N3O2/c15-11(16)5-9-10-4-7-2-1-3-8(7)13-14(10)6-12-9/h4,6H,1-3,5H2,(H,15,16). The molecule has 0 saturated heterocycles. The Balaban J connectivity index is 2.15. The van der Waals surface area contributed by atoms with Crippen LogP contribution < -0.4 is 0 Å². The van der Waals surface area contributed by atoms with Gasteiger partial charge >= 0.3 is 5.97 Å². The van der Waals surface area contributed by atoms with E-state index in [1.807, 2.05) is 6.07 Å². The molecule has 1 aliphatic carbocycles. The van der Waals surface area contributed by atoms with Crippen LogP contribution in [0.2, 0.25) is 0 Å². The predicted octanol–water partition coefficient (Wildman–Crippen LogP) is 0.845. The van der Waals surface area contributed by atoms with Gasteiger partial charge in [-0.1, -0.05) is 0 Å². The third-order valence-electron chi connectivity index (χ3n) is 2.95. The molecular weight excluding hydrogens is 206 g/mol. The van der Waals surface area contributed by atoms with Gasteiger partial charge in [0.05, 0.1) is 23.3 Å². The molecule has 2 heterocycles. The van der Waals surface area contributed by atoms with Gasteiger partial charge in [0.2, 0.25) is 0 Å². The first-order valence-corrected chi connectivity index (χ1v) is 5.31. The van der Waals surface area contributed by atoms with Crippen molar-refractivity contribution in [2.24, 2.45) is 0 Å². The van der Waals surface area contributed by atoms with E-state index in [2.05, 4.69) is 10.1 Å². The molecule has 0 bridgehead atoms. The van der Waals surface area contributed by atoms with Crippen molar-refractivity contribution in [1.29, 1.82) is 0 Å². The molecule has 1 N–H and O–H groups in total. The monoisotopic (exact) mass is 217 g/mol. The Labute approximate surface area is 91.7 Å². The summed E-state index contributed by atoms with van der Waals surface area (Å²) in [5, 5.41) is 13.2. The Hall–Kier alpha value is -1.91. The van der Waals surface area contributed by atoms with E-state index >= 15 is 0 Å². The number of aryl methyl sites for hydroxylation is 2. The SMILES string of the molecule is O=C(O)Cc1ncn2nc3c(cc12)CCC3. The molecule has 2 aromatic heterocycles. The number of hydrogen-bond acceptors (Lipinski definition) is 3. The van der Waals surface area contributed by atoms with Gasteiger partial charge in [-0.25, -0.2) is 9.50 Å². The summed E-state index contributed by atoms with van der Waals surface area (Å²) in [5.41, 5.74) is 3.77. The smallest absolute Gasteiger partial charge is 0.309 e. The van der Waals surface area contributed by atoms with E-state index in [4.69, 9.17) is 5.11 Å². The zero-order valence-corrected chi connectivity index (χ0v) is 8.68. The average molecular weight is 217 g/mol. The lowest BCUT2D eigenvalue weighted by atomic mass is 10.2. The topological polar surface area (TPSA) is 67.5 Å². The first-order chi connectivity index (χ1) is 7.74. The van der Waals surface area contributed by atoms with Crippen LogP contribution in [0.4, 0.5) is 0 Å². The minimum atomic E-state index is -0.860. The number of imidazole rings is 1. The minimum Gasteiger partial charge on any atom is -0.481 e. The molecule has 0 fully saturated rings. The highest BCUT2D eigenvalue weighted by molar-refractivity contribution is 5.73. The van der Waals surface area contributed by atoms with E-state index in [1.54, 1.807) is 10.8 Å². The highest BCUT2D eigenvalue weighted by Gasteiger charge is 2.16. The van der Waals surface area contributed by atoms with E-state index in [1.165, 1.54) is 5.56 Å². The van der Waals surface area contributed by atoms with Crippen LogP contribution in [0, 0.1) is 0 Å². The molecule has 0 aliphatic heterocycles. The summed E-state index contributed by atoms with van der Waals surface area (Å²) < 4.78 is 1.68. The second-order valence-electron chi connectivity index (χ2n) is 4.06. The molecule has 5 heteroatoms. The minimum absolute atomic E-state index is 0.0447. The Bertz CT molecular complexity index is 574. The van der Waals surface area contributed by atoms with Crippen LogP contribution in [0.25, 0.3) is 5.52 Å². The molecule has 0 spiro atoms. The van der Waals surface area contributed by atoms with Crippen molar-refractivity contribution in [2.45, 2.75) is 25.7 Å². The van der Waals surface area contributed by atoms with Crippen LogP contribution in [0.1, 0.15) is 23.4 Å². The second kappa shape index (κ2) is 3.30. The molecule has 2 aromatic rings. The molecule has 0 aromatic carbocycles. The van der Waals surface area contributed by atoms with E-state index in [-0.39, 0.29) is 6.42 Å². The van der Waals surface area contributed by atoms with Crippen molar-refractivity contribution in [3.05, 3.63) is 29.3 Å². The number of fused-ring (bicyclic) bond motifs is 2. The molecule has 5 nitrogen and oxygen atoms in total. The Morgan fingerprint density at radius 2 is 2.38 bits per heavy atom. The van der Waals surface area contributed by atoms with E-state index in [0.29, 0.717) is 5.69 Å². The van der Waals surface area contributed by atoms with Crippen LogP contribution in [-0.4, -0.2) is 25.7 Å². The first-order valence-electron chi connectivity index (χ1n) is 5.31. The summed E-state index contributed by atoms with van der Waals surface area (Å²) in [4.78, 5) is 14.8. The molecule has 1 aliphatic rings. The Morgan fingerprint density at radius 1 is 1.50 bits per heavy atom. The van der Waals surface area contributed by atoms with Gasteiger partial charge in [-0.15, -0.1) is 0 Å². The van der Waals surface area contributed by atoms with Crippen molar-refractivity contribution in [1.82, 2.24) is 14.6 Å². The lowest BCUT2D eigenvalue weighted by Gasteiger charge is -2.00. The summed E-state index contributed by atoms with van der Waals surface area (Å²) in [6, 6.07) is 2.03. The molecule has 0 atom stereocenters. The van der Waals surface area contributed by atoms with Gasteiger partial charge in [0.25, 0.3) is 0 Å². The number of rotatable bonds is 2. The third-order valence-corrected chi connectivity index (χ3v) is 2.95. The first kappa shape index (κ1) is 9.33. The van der Waals surface area contributed by atoms with Crippen LogP contribution >= 0.6 is 0 Å². The summed E-state index contributed by atoms with van der Waals surface area (Å²) in [6.07, 6.45) is 4.73. The van der Waals surface area contributed by atoms with Crippen LogP contribution in [-0.2, 0) is 24.1 Å². The number of carbonyl (C=O) groups is 1. The highest BCUT2D eigenvalue weighted by atomic mass is 16.4. The number of hydrogen-bond donors (Lipinski definition) is 1. The van der Waals surface area contributed by atoms with E-state index in [0.717, 1.165) is 30.5 Å².